The van der Waals surface area contributed by atoms with E-state index in [2.05, 4.69) is 41.5 Å². The summed E-state index contributed by atoms with van der Waals surface area (Å²) < 4.78 is 5.49. The second-order valence-electron chi connectivity index (χ2n) is 5.69. The van der Waals surface area contributed by atoms with Gasteiger partial charge in [-0.1, -0.05) is 24.3 Å². The monoisotopic (exact) mass is 260 g/mol. The lowest BCUT2D eigenvalue weighted by Crippen LogP contribution is -2.39. The number of benzene rings is 1. The number of ether oxygens (including phenoxy) is 1. The van der Waals surface area contributed by atoms with Crippen molar-refractivity contribution in [2.45, 2.75) is 37.9 Å². The van der Waals surface area contributed by atoms with Crippen molar-refractivity contribution in [1.29, 1.82) is 0 Å². The van der Waals surface area contributed by atoms with E-state index in [9.17, 15) is 0 Å². The molecule has 1 aromatic rings. The fraction of sp³-hybridized carbons (Fsp3) is 0.625. The van der Waals surface area contributed by atoms with Crippen LogP contribution in [0.1, 0.15) is 36.4 Å². The van der Waals surface area contributed by atoms with Crippen molar-refractivity contribution in [3.8, 4) is 0 Å². The Morgan fingerprint density at radius 1 is 1.16 bits per heavy atom. The lowest BCUT2D eigenvalue weighted by Gasteiger charge is -2.37. The van der Waals surface area contributed by atoms with Crippen molar-refractivity contribution in [2.75, 3.05) is 26.8 Å². The van der Waals surface area contributed by atoms with Crippen LogP contribution in [-0.2, 0) is 11.3 Å². The van der Waals surface area contributed by atoms with Crippen LogP contribution < -0.4 is 5.32 Å². The molecule has 0 radical (unpaired) electrons. The standard InChI is InChI=1S/C16H24N2O/c1-18(14-7-10-19-11-8-14)16-6-9-17-12-13-4-2-3-5-15(13)16/h2-5,14,16-17H,6-12H2,1H3. The van der Waals surface area contributed by atoms with Crippen LogP contribution in [0.15, 0.2) is 24.3 Å². The highest BCUT2D eigenvalue weighted by atomic mass is 16.5. The van der Waals surface area contributed by atoms with Gasteiger partial charge in [0.05, 0.1) is 0 Å². The van der Waals surface area contributed by atoms with Gasteiger partial charge in [0, 0.05) is 31.8 Å². The van der Waals surface area contributed by atoms with E-state index < -0.39 is 0 Å². The van der Waals surface area contributed by atoms with Gasteiger partial charge in [-0.2, -0.15) is 0 Å². The molecule has 19 heavy (non-hydrogen) atoms. The third kappa shape index (κ3) is 2.83. The van der Waals surface area contributed by atoms with Crippen molar-refractivity contribution in [2.24, 2.45) is 0 Å². The van der Waals surface area contributed by atoms with Crippen molar-refractivity contribution in [3.05, 3.63) is 35.4 Å². The summed E-state index contributed by atoms with van der Waals surface area (Å²) >= 11 is 0. The van der Waals surface area contributed by atoms with Gasteiger partial charge in [-0.15, -0.1) is 0 Å². The summed E-state index contributed by atoms with van der Waals surface area (Å²) in [6.45, 7) is 3.95. The highest BCUT2D eigenvalue weighted by Gasteiger charge is 2.28. The van der Waals surface area contributed by atoms with Crippen molar-refractivity contribution >= 4 is 0 Å². The van der Waals surface area contributed by atoms with Crippen LogP contribution in [0.25, 0.3) is 0 Å². The predicted octanol–water partition coefficient (Wildman–Crippen LogP) is 2.33. The number of fused-ring (bicyclic) bond motifs is 1. The van der Waals surface area contributed by atoms with Crippen molar-refractivity contribution in [1.82, 2.24) is 10.2 Å². The zero-order valence-corrected chi connectivity index (χ0v) is 11.8. The Labute approximate surface area is 115 Å². The van der Waals surface area contributed by atoms with Crippen LogP contribution in [0.2, 0.25) is 0 Å². The molecular formula is C16H24N2O. The molecule has 2 heterocycles. The van der Waals surface area contributed by atoms with E-state index >= 15 is 0 Å². The van der Waals surface area contributed by atoms with E-state index in [1.807, 2.05) is 0 Å². The Kier molecular flexibility index (Phi) is 4.16. The summed E-state index contributed by atoms with van der Waals surface area (Å²) in [5.74, 6) is 0. The highest BCUT2D eigenvalue weighted by Crippen LogP contribution is 2.31. The van der Waals surface area contributed by atoms with Gasteiger partial charge >= 0.3 is 0 Å². The normalized spacial score (nSPS) is 25.1. The molecule has 2 aliphatic heterocycles. The first kappa shape index (κ1) is 13.1. The maximum absolute atomic E-state index is 5.49. The third-order valence-corrected chi connectivity index (χ3v) is 4.58. The molecule has 3 nitrogen and oxygen atoms in total. The maximum atomic E-state index is 5.49. The molecule has 0 aromatic heterocycles. The van der Waals surface area contributed by atoms with Gasteiger partial charge in [-0.05, 0) is 44.0 Å². The van der Waals surface area contributed by atoms with Crippen LogP contribution in [0.3, 0.4) is 0 Å². The molecule has 2 aliphatic rings. The molecule has 0 saturated carbocycles. The second kappa shape index (κ2) is 6.04. The SMILES string of the molecule is CN(C1CCOCC1)C1CCNCc2ccccc21. The molecule has 0 spiro atoms. The molecule has 1 fully saturated rings. The zero-order chi connectivity index (χ0) is 13.1. The van der Waals surface area contributed by atoms with Gasteiger partial charge in [0.15, 0.2) is 0 Å². The Bertz CT molecular complexity index is 415. The second-order valence-corrected chi connectivity index (χ2v) is 5.69. The van der Waals surface area contributed by atoms with E-state index in [1.54, 1.807) is 0 Å². The molecular weight excluding hydrogens is 236 g/mol. The summed E-state index contributed by atoms with van der Waals surface area (Å²) in [5.41, 5.74) is 2.98. The minimum Gasteiger partial charge on any atom is -0.381 e. The van der Waals surface area contributed by atoms with Gasteiger partial charge in [-0.25, -0.2) is 0 Å². The summed E-state index contributed by atoms with van der Waals surface area (Å²) in [4.78, 5) is 2.59. The van der Waals surface area contributed by atoms with Crippen LogP contribution in [0, 0.1) is 0 Å². The van der Waals surface area contributed by atoms with Crippen LogP contribution >= 0.6 is 0 Å². The van der Waals surface area contributed by atoms with Crippen LogP contribution in [-0.4, -0.2) is 37.7 Å². The molecule has 1 aromatic carbocycles. The minimum atomic E-state index is 0.550. The fourth-order valence-electron chi connectivity index (χ4n) is 3.41. The molecule has 0 aliphatic carbocycles. The van der Waals surface area contributed by atoms with E-state index in [0.717, 1.165) is 26.3 Å². The van der Waals surface area contributed by atoms with E-state index in [-0.39, 0.29) is 0 Å². The topological polar surface area (TPSA) is 24.5 Å². The molecule has 0 bridgehead atoms. The number of hydrogen-bond acceptors (Lipinski definition) is 3. The average molecular weight is 260 g/mol. The summed E-state index contributed by atoms with van der Waals surface area (Å²) in [6, 6.07) is 10.1. The number of hydrogen-bond donors (Lipinski definition) is 1. The van der Waals surface area contributed by atoms with E-state index in [1.165, 1.54) is 30.4 Å². The highest BCUT2D eigenvalue weighted by molar-refractivity contribution is 5.31. The maximum Gasteiger partial charge on any atom is 0.0480 e. The van der Waals surface area contributed by atoms with Gasteiger partial charge in [0.2, 0.25) is 0 Å². The first-order chi connectivity index (χ1) is 9.36. The number of nitrogens with zero attached hydrogens (tertiary/aromatic N) is 1. The molecule has 1 unspecified atom stereocenters. The summed E-state index contributed by atoms with van der Waals surface area (Å²) in [5, 5.41) is 3.54. The van der Waals surface area contributed by atoms with Gasteiger partial charge in [0.1, 0.15) is 0 Å². The van der Waals surface area contributed by atoms with Crippen molar-refractivity contribution in [3.63, 3.8) is 0 Å². The van der Waals surface area contributed by atoms with E-state index in [4.69, 9.17) is 4.74 Å². The predicted molar refractivity (Wildman–Crippen MR) is 77.1 cm³/mol. The average Bonchev–Trinajstić information content (AvgIpc) is 2.70. The quantitative estimate of drug-likeness (QED) is 0.883. The van der Waals surface area contributed by atoms with Gasteiger partial charge in [0.25, 0.3) is 0 Å². The first-order valence-electron chi connectivity index (χ1n) is 7.44. The molecule has 3 rings (SSSR count). The zero-order valence-electron chi connectivity index (χ0n) is 11.8. The Morgan fingerprint density at radius 3 is 2.79 bits per heavy atom. The minimum absolute atomic E-state index is 0.550. The van der Waals surface area contributed by atoms with E-state index in [0.29, 0.717) is 12.1 Å². The first-order valence-corrected chi connectivity index (χ1v) is 7.44. The Hall–Kier alpha value is -0.900. The summed E-state index contributed by atoms with van der Waals surface area (Å²) in [6.07, 6.45) is 3.54. The number of nitrogens with one attached hydrogen (secondary N) is 1. The molecule has 1 atom stereocenters. The molecule has 0 amide bonds. The van der Waals surface area contributed by atoms with Crippen molar-refractivity contribution < 1.29 is 4.74 Å². The van der Waals surface area contributed by atoms with Crippen LogP contribution in [0.5, 0.6) is 0 Å². The third-order valence-electron chi connectivity index (χ3n) is 4.58. The molecule has 3 heteroatoms. The fourth-order valence-corrected chi connectivity index (χ4v) is 3.41. The molecule has 1 N–H and O–H groups in total. The summed E-state index contributed by atoms with van der Waals surface area (Å²) in [7, 11) is 2.29. The lowest BCUT2D eigenvalue weighted by molar-refractivity contribution is 0.0270. The Balaban J connectivity index is 1.82. The number of rotatable bonds is 2. The molecule has 104 valence electrons. The molecule has 1 saturated heterocycles. The smallest absolute Gasteiger partial charge is 0.0480 e. The Morgan fingerprint density at radius 2 is 1.95 bits per heavy atom. The van der Waals surface area contributed by atoms with Gasteiger partial charge < -0.3 is 10.1 Å². The largest absolute Gasteiger partial charge is 0.381 e. The lowest BCUT2D eigenvalue weighted by atomic mass is 9.95. The van der Waals surface area contributed by atoms with Crippen LogP contribution in [0.4, 0.5) is 0 Å². The van der Waals surface area contributed by atoms with Gasteiger partial charge in [-0.3, -0.25) is 4.90 Å².